The molecule has 2 rings (SSSR count). The molecule has 0 unspecified atom stereocenters. The second-order valence-corrected chi connectivity index (χ2v) is 6.87. The van der Waals surface area contributed by atoms with E-state index >= 15 is 0 Å². The molecule has 0 aliphatic heterocycles. The lowest BCUT2D eigenvalue weighted by atomic mass is 10.0. The van der Waals surface area contributed by atoms with Crippen molar-refractivity contribution in [2.24, 2.45) is 5.73 Å². The number of hydrogen-bond donors (Lipinski definition) is 4. The van der Waals surface area contributed by atoms with Crippen molar-refractivity contribution in [3.05, 3.63) is 48.0 Å². The van der Waals surface area contributed by atoms with Crippen LogP contribution in [0.25, 0.3) is 10.8 Å². The first-order chi connectivity index (χ1) is 13.3. The predicted octanol–water partition coefficient (Wildman–Crippen LogP) is 1.37. The molecule has 0 bridgehead atoms. The fraction of sp³-hybridized carbons (Fsp3) is 0.500. The zero-order valence-corrected chi connectivity index (χ0v) is 16.8. The Morgan fingerprint density at radius 2 is 1.43 bits per heavy atom. The molecule has 6 heteroatoms. The van der Waals surface area contributed by atoms with E-state index in [0.29, 0.717) is 6.42 Å². The summed E-state index contributed by atoms with van der Waals surface area (Å²) in [6.07, 6.45) is 4.79. The van der Waals surface area contributed by atoms with Crippen LogP contribution in [0.15, 0.2) is 42.5 Å². The van der Waals surface area contributed by atoms with E-state index in [2.05, 4.69) is 34.1 Å². The van der Waals surface area contributed by atoms with Gasteiger partial charge in [0.25, 0.3) is 0 Å². The summed E-state index contributed by atoms with van der Waals surface area (Å²) in [5.74, 6) is 0.0925. The van der Waals surface area contributed by atoms with Crippen molar-refractivity contribution in [2.75, 3.05) is 39.3 Å². The largest absolute Gasteiger partial charge is 0.412 e. The summed E-state index contributed by atoms with van der Waals surface area (Å²) >= 11 is 0. The molecule has 0 aromatic heterocycles. The van der Waals surface area contributed by atoms with Crippen LogP contribution in [0.4, 0.5) is 0 Å². The van der Waals surface area contributed by atoms with Gasteiger partial charge in [-0.05, 0) is 74.7 Å². The van der Waals surface area contributed by atoms with Crippen LogP contribution in [0.3, 0.4) is 0 Å². The van der Waals surface area contributed by atoms with Gasteiger partial charge < -0.3 is 27.2 Å². The zero-order chi connectivity index (χ0) is 19.2. The molecule has 0 radical (unpaired) electrons. The molecule has 28 heavy (non-hydrogen) atoms. The summed E-state index contributed by atoms with van der Waals surface area (Å²) in [7, 11) is 0. The van der Waals surface area contributed by atoms with E-state index in [1.807, 2.05) is 24.3 Å². The van der Waals surface area contributed by atoms with Gasteiger partial charge in [0.05, 0.1) is 6.42 Å². The molecule has 7 N–H and O–H groups in total. The fourth-order valence-corrected chi connectivity index (χ4v) is 3.10. The Labute approximate surface area is 168 Å². The Kier molecular flexibility index (Phi) is 12.9. The highest BCUT2D eigenvalue weighted by Gasteiger charge is 2.06. The lowest BCUT2D eigenvalue weighted by molar-refractivity contribution is -0.120. The number of rotatable bonds is 14. The lowest BCUT2D eigenvalue weighted by Gasteiger charge is -2.09. The van der Waals surface area contributed by atoms with Gasteiger partial charge in [0.15, 0.2) is 0 Å². The number of carbonyl (C=O) groups excluding carboxylic acids is 1. The van der Waals surface area contributed by atoms with Gasteiger partial charge in [0.2, 0.25) is 5.91 Å². The van der Waals surface area contributed by atoms with Crippen molar-refractivity contribution in [3.8, 4) is 0 Å². The highest BCUT2D eigenvalue weighted by Crippen LogP contribution is 2.18. The van der Waals surface area contributed by atoms with E-state index in [4.69, 9.17) is 5.73 Å². The Hall–Kier alpha value is -1.99. The van der Waals surface area contributed by atoms with E-state index in [0.717, 1.165) is 63.1 Å². The Balaban J connectivity index is 0.00000392. The monoisotopic (exact) mass is 388 g/mol. The Bertz CT molecular complexity index is 673. The highest BCUT2D eigenvalue weighted by atomic mass is 16.1. The van der Waals surface area contributed by atoms with Crippen LogP contribution in [0.5, 0.6) is 0 Å². The van der Waals surface area contributed by atoms with E-state index < -0.39 is 0 Å². The number of carbonyl (C=O) groups is 1. The van der Waals surface area contributed by atoms with Crippen molar-refractivity contribution in [1.82, 2.24) is 16.0 Å². The molecule has 2 aromatic rings. The van der Waals surface area contributed by atoms with Crippen LogP contribution < -0.4 is 21.7 Å². The average Bonchev–Trinajstić information content (AvgIpc) is 2.69. The van der Waals surface area contributed by atoms with Crippen molar-refractivity contribution >= 4 is 16.7 Å². The standard InChI is InChI=1S/C22H34N4O.H2O/c23-12-6-15-24-13-3-4-14-25-16-7-17-26-22(27)18-20-10-5-9-19-8-1-2-11-21(19)20;/h1-2,5,8-11,24-25H,3-4,6-7,12-18,23H2,(H,26,27);1H2. The Morgan fingerprint density at radius 3 is 2.18 bits per heavy atom. The van der Waals surface area contributed by atoms with Crippen molar-refractivity contribution < 1.29 is 10.3 Å². The summed E-state index contributed by atoms with van der Waals surface area (Å²) in [6.45, 7) is 5.52. The van der Waals surface area contributed by atoms with E-state index in [9.17, 15) is 4.79 Å². The number of benzene rings is 2. The van der Waals surface area contributed by atoms with E-state index in [1.165, 1.54) is 18.2 Å². The normalized spacial score (nSPS) is 10.6. The quantitative estimate of drug-likeness (QED) is 0.366. The minimum Gasteiger partial charge on any atom is -0.412 e. The van der Waals surface area contributed by atoms with Crippen molar-refractivity contribution in [3.63, 3.8) is 0 Å². The summed E-state index contributed by atoms with van der Waals surface area (Å²) < 4.78 is 0. The molecular formula is C22H36N4O2. The van der Waals surface area contributed by atoms with Gasteiger partial charge in [0.1, 0.15) is 0 Å². The maximum absolute atomic E-state index is 12.2. The smallest absolute Gasteiger partial charge is 0.224 e. The summed E-state index contributed by atoms with van der Waals surface area (Å²) in [5, 5.41) is 12.2. The van der Waals surface area contributed by atoms with Crippen LogP contribution >= 0.6 is 0 Å². The molecule has 0 atom stereocenters. The fourth-order valence-electron chi connectivity index (χ4n) is 3.10. The first-order valence-electron chi connectivity index (χ1n) is 10.2. The molecule has 156 valence electrons. The van der Waals surface area contributed by atoms with Gasteiger partial charge in [-0.3, -0.25) is 4.79 Å². The molecule has 0 aliphatic carbocycles. The molecule has 0 saturated carbocycles. The number of nitrogens with two attached hydrogens (primary N) is 1. The number of unbranched alkanes of at least 4 members (excludes halogenated alkanes) is 1. The molecule has 1 amide bonds. The highest BCUT2D eigenvalue weighted by molar-refractivity contribution is 5.90. The predicted molar refractivity (Wildman–Crippen MR) is 118 cm³/mol. The Morgan fingerprint density at radius 1 is 0.786 bits per heavy atom. The van der Waals surface area contributed by atoms with Crippen LogP contribution in [-0.4, -0.2) is 50.7 Å². The van der Waals surface area contributed by atoms with Gasteiger partial charge in [-0.25, -0.2) is 0 Å². The average molecular weight is 389 g/mol. The first-order valence-corrected chi connectivity index (χ1v) is 10.2. The van der Waals surface area contributed by atoms with Crippen LogP contribution in [-0.2, 0) is 11.2 Å². The van der Waals surface area contributed by atoms with Gasteiger partial charge in [-0.2, -0.15) is 0 Å². The summed E-state index contributed by atoms with van der Waals surface area (Å²) in [6, 6.07) is 14.3. The minimum atomic E-state index is 0. The minimum absolute atomic E-state index is 0. The summed E-state index contributed by atoms with van der Waals surface area (Å²) in [4.78, 5) is 12.2. The van der Waals surface area contributed by atoms with Gasteiger partial charge in [0, 0.05) is 6.54 Å². The lowest BCUT2D eigenvalue weighted by Crippen LogP contribution is -2.29. The molecular weight excluding hydrogens is 352 g/mol. The molecule has 0 saturated heterocycles. The second-order valence-electron chi connectivity index (χ2n) is 6.87. The van der Waals surface area contributed by atoms with Gasteiger partial charge >= 0.3 is 0 Å². The molecule has 6 nitrogen and oxygen atoms in total. The van der Waals surface area contributed by atoms with Crippen molar-refractivity contribution in [1.29, 1.82) is 0 Å². The SMILES string of the molecule is NCCCNCCCCNCCCNC(=O)Cc1cccc2ccccc12.O. The number of nitrogens with one attached hydrogen (secondary N) is 3. The second kappa shape index (κ2) is 15.0. The number of fused-ring (bicyclic) bond motifs is 1. The molecule has 0 aliphatic rings. The summed E-state index contributed by atoms with van der Waals surface area (Å²) in [5.41, 5.74) is 6.54. The number of amides is 1. The zero-order valence-electron chi connectivity index (χ0n) is 16.8. The topological polar surface area (TPSA) is 111 Å². The molecule has 0 heterocycles. The number of hydrogen-bond acceptors (Lipinski definition) is 4. The molecule has 0 spiro atoms. The van der Waals surface area contributed by atoms with Gasteiger partial charge in [-0.15, -0.1) is 0 Å². The van der Waals surface area contributed by atoms with Crippen LogP contribution in [0.2, 0.25) is 0 Å². The van der Waals surface area contributed by atoms with E-state index in [1.54, 1.807) is 0 Å². The maximum atomic E-state index is 12.2. The third-order valence-electron chi connectivity index (χ3n) is 4.60. The van der Waals surface area contributed by atoms with Crippen LogP contribution in [0, 0.1) is 0 Å². The van der Waals surface area contributed by atoms with Crippen molar-refractivity contribution in [2.45, 2.75) is 32.1 Å². The maximum Gasteiger partial charge on any atom is 0.224 e. The third-order valence-corrected chi connectivity index (χ3v) is 4.60. The molecule has 0 fully saturated rings. The van der Waals surface area contributed by atoms with Gasteiger partial charge in [-0.1, -0.05) is 42.5 Å². The van der Waals surface area contributed by atoms with E-state index in [-0.39, 0.29) is 11.4 Å². The third kappa shape index (κ3) is 9.28. The van der Waals surface area contributed by atoms with Crippen LogP contribution in [0.1, 0.15) is 31.2 Å². The first kappa shape index (κ1) is 24.0. The molecule has 2 aromatic carbocycles.